The van der Waals surface area contributed by atoms with Gasteiger partial charge in [-0.1, -0.05) is 34.1 Å². The molecule has 0 aromatic rings. The highest BCUT2D eigenvalue weighted by molar-refractivity contribution is 6.01. The van der Waals surface area contributed by atoms with Gasteiger partial charge in [-0.15, -0.1) is 0 Å². The largest absolute Gasteiger partial charge is 0.481 e. The smallest absolute Gasteiger partial charge is 0.326 e. The first-order chi connectivity index (χ1) is 52.5. The van der Waals surface area contributed by atoms with Gasteiger partial charge in [0, 0.05) is 45.3 Å². The molecule has 15 amide bonds. The number of carboxylic acid groups (broad SMARTS) is 4. The van der Waals surface area contributed by atoms with Crippen molar-refractivity contribution in [3.05, 3.63) is 0 Å². The van der Waals surface area contributed by atoms with Crippen LogP contribution in [0.5, 0.6) is 0 Å². The summed E-state index contributed by atoms with van der Waals surface area (Å²) in [5.41, 5.74) is 32.6. The third-order valence-corrected chi connectivity index (χ3v) is 17.9. The van der Waals surface area contributed by atoms with Gasteiger partial charge in [0.25, 0.3) is 0 Å². The summed E-state index contributed by atoms with van der Waals surface area (Å²) in [7, 11) is 0. The molecule has 46 nitrogen and oxygen atoms in total. The predicted molar refractivity (Wildman–Crippen MR) is 392 cm³/mol. The molecule has 2 saturated heterocycles. The number of aliphatic hydroxyl groups is 1. The van der Waals surface area contributed by atoms with E-state index in [4.69, 9.17) is 34.4 Å². The van der Waals surface area contributed by atoms with E-state index in [0.29, 0.717) is 32.2 Å². The molecule has 2 fully saturated rings. The van der Waals surface area contributed by atoms with Crippen LogP contribution in [0.25, 0.3) is 0 Å². The number of aliphatic hydroxyl groups excluding tert-OH is 1. The molecule has 0 aromatic heterocycles. The molecule has 0 saturated carbocycles. The Bertz CT molecular complexity index is 3420. The van der Waals surface area contributed by atoms with Crippen molar-refractivity contribution in [1.82, 2.24) is 74.0 Å². The third kappa shape index (κ3) is 35.0. The van der Waals surface area contributed by atoms with Crippen molar-refractivity contribution in [2.45, 2.75) is 242 Å². The molecule has 2 aliphatic rings. The van der Waals surface area contributed by atoms with E-state index in [0.717, 1.165) is 11.8 Å². The van der Waals surface area contributed by atoms with E-state index in [9.17, 15) is 117 Å². The van der Waals surface area contributed by atoms with Gasteiger partial charge in [0.2, 0.25) is 88.6 Å². The van der Waals surface area contributed by atoms with Crippen molar-refractivity contribution in [2.75, 3.05) is 32.8 Å². The number of guanidine groups is 2. The van der Waals surface area contributed by atoms with Gasteiger partial charge in [0.1, 0.15) is 78.5 Å². The van der Waals surface area contributed by atoms with Crippen LogP contribution in [0.2, 0.25) is 0 Å². The van der Waals surface area contributed by atoms with Gasteiger partial charge in [-0.2, -0.15) is 0 Å². The molecule has 0 aliphatic carbocycles. The number of carbonyl (C=O) groups excluding carboxylic acids is 15. The number of carbonyl (C=O) groups is 19. The van der Waals surface area contributed by atoms with Crippen LogP contribution < -0.4 is 104 Å². The summed E-state index contributed by atoms with van der Waals surface area (Å²) >= 11 is 0. The molecular formula is C66H110N22O24. The van der Waals surface area contributed by atoms with Crippen molar-refractivity contribution in [2.24, 2.45) is 56.2 Å². The molecular weight excluding hydrogens is 1480 g/mol. The highest BCUT2D eigenvalue weighted by Crippen LogP contribution is 2.20. The Labute approximate surface area is 643 Å². The summed E-state index contributed by atoms with van der Waals surface area (Å²) < 4.78 is 0. The van der Waals surface area contributed by atoms with Crippen LogP contribution in [0.1, 0.15) is 157 Å². The zero-order valence-electron chi connectivity index (χ0n) is 63.3. The second-order valence-electron chi connectivity index (χ2n) is 27.3. The molecule has 628 valence electrons. The Morgan fingerprint density at radius 3 is 1.22 bits per heavy atom. The van der Waals surface area contributed by atoms with Crippen LogP contribution in [-0.4, -0.2) is 272 Å². The second-order valence-corrected chi connectivity index (χ2v) is 27.3. The standard InChI is InChI=1S/C66H110N22O24/c1-7-31(4)50(64(111)112)87-60(107)42(29-89)85-61(108)43-15-11-27-88(43)63(110)33(6)77-54(101)36(14-10-26-75-66(71)72)83-62(109)49(30(2)3)86-51(98)32(5)76-53(100)35(13-9-25-74-65(69)70)78-59(106)41(28-48(96)97)84-58(105)38(17-21-45(68)91)80-56(103)39(18-22-46(92)93)82-57(104)40(19-23-47(94)95)81-55(102)37(16-20-44(67)90)79-52(99)34-12-8-24-73-34/h30-43,49-50,73,89H,7-29H2,1-6H3,(H2,67,90)(H2,68,91)(H,76,100)(H,77,101)(H,78,106)(H,79,99)(H,80,103)(H,81,102)(H,82,104)(H,83,109)(H,84,105)(H,85,108)(H,86,98)(H,87,107)(H,92,93)(H,94,95)(H,96,97)(H,111,112)(H4,69,70,74)(H4,71,72,75)/t31-,32-,33-,34-,35-,36-,37-,38-,39-,40-,41-,42-,43-,49-,50-/m0/s1. The van der Waals surface area contributed by atoms with Crippen LogP contribution in [0.3, 0.4) is 0 Å². The Morgan fingerprint density at radius 2 is 0.821 bits per heavy atom. The molecule has 0 spiro atoms. The molecule has 2 aliphatic heterocycles. The summed E-state index contributed by atoms with van der Waals surface area (Å²) in [5.74, 6) is -24.0. The normalized spacial score (nSPS) is 17.2. The lowest BCUT2D eigenvalue weighted by atomic mass is 9.99. The quantitative estimate of drug-likeness (QED) is 0.0153. The predicted octanol–water partition coefficient (Wildman–Crippen LogP) is -9.79. The molecule has 2 rings (SSSR count). The number of nitrogens with zero attached hydrogens (tertiary/aromatic N) is 3. The highest BCUT2D eigenvalue weighted by Gasteiger charge is 2.41. The van der Waals surface area contributed by atoms with E-state index in [2.05, 4.69) is 79.1 Å². The van der Waals surface area contributed by atoms with Crippen molar-refractivity contribution >= 4 is 124 Å². The molecule has 112 heavy (non-hydrogen) atoms. The van der Waals surface area contributed by atoms with Gasteiger partial charge in [0.15, 0.2) is 11.9 Å². The summed E-state index contributed by atoms with van der Waals surface area (Å²) in [6, 6.07) is -22.2. The maximum absolute atomic E-state index is 14.2. The number of amides is 15. The number of primary amides is 2. The Morgan fingerprint density at radius 1 is 0.429 bits per heavy atom. The average Bonchev–Trinajstić information content (AvgIpc) is 1.55. The lowest BCUT2D eigenvalue weighted by Crippen LogP contribution is -2.61. The van der Waals surface area contributed by atoms with Crippen molar-refractivity contribution in [1.29, 1.82) is 0 Å². The van der Waals surface area contributed by atoms with E-state index in [-0.39, 0.29) is 63.7 Å². The minimum Gasteiger partial charge on any atom is -0.481 e. The third-order valence-electron chi connectivity index (χ3n) is 17.9. The molecule has 0 aromatic carbocycles. The van der Waals surface area contributed by atoms with Crippen LogP contribution in [0.4, 0.5) is 0 Å². The first-order valence-corrected chi connectivity index (χ1v) is 36.4. The van der Waals surface area contributed by atoms with Crippen molar-refractivity contribution in [3.8, 4) is 0 Å². The molecule has 46 heteroatoms. The first kappa shape index (κ1) is 96.5. The topological polar surface area (TPSA) is 766 Å². The molecule has 0 radical (unpaired) electrons. The van der Waals surface area contributed by atoms with E-state index < -0.39 is 273 Å². The molecule has 15 atom stereocenters. The number of nitrogens with one attached hydrogen (secondary N) is 13. The van der Waals surface area contributed by atoms with Gasteiger partial charge < -0.3 is 134 Å². The molecule has 2 heterocycles. The lowest BCUT2D eigenvalue weighted by Gasteiger charge is -2.30. The van der Waals surface area contributed by atoms with Crippen LogP contribution in [0, 0.1) is 11.8 Å². The zero-order valence-corrected chi connectivity index (χ0v) is 63.3. The number of likely N-dealkylation sites (tertiary alicyclic amines) is 1. The minimum atomic E-state index is -2.17. The van der Waals surface area contributed by atoms with E-state index in [1.54, 1.807) is 13.8 Å². The van der Waals surface area contributed by atoms with E-state index in [1.165, 1.54) is 20.8 Å². The maximum atomic E-state index is 14.2. The number of hydrogen-bond acceptors (Lipinski definition) is 23. The van der Waals surface area contributed by atoms with E-state index >= 15 is 0 Å². The number of aliphatic imine (C=N–C) groups is 2. The van der Waals surface area contributed by atoms with Gasteiger partial charge in [-0.3, -0.25) is 96.3 Å². The van der Waals surface area contributed by atoms with E-state index in [1.807, 2.05) is 0 Å². The Kier molecular flexibility index (Phi) is 42.0. The highest BCUT2D eigenvalue weighted by atomic mass is 16.4. The number of carboxylic acids is 4. The SMILES string of the molecule is CC[C@H](C)[C@H](NC(=O)[C@H](CO)NC(=O)[C@@H]1CCCN1C(=O)[C@H](C)NC(=O)[C@H](CCCN=C(N)N)NC(=O)[C@@H](NC(=O)[C@H](C)NC(=O)[C@H](CCCN=C(N)N)NC(=O)[C@H](CC(=O)O)NC(=O)[C@H](CCC(N)=O)NC(=O)[C@H](CCC(=O)O)NC(=O)[C@H](CCC(=O)O)NC(=O)[C@H](CCC(N)=O)NC(=O)[C@@H]1CCCN1)C(C)C)C(=O)O. The zero-order chi connectivity index (χ0) is 84.8. The molecule has 0 bridgehead atoms. The number of aliphatic carboxylic acids is 4. The summed E-state index contributed by atoms with van der Waals surface area (Å²) in [4.78, 5) is 261. The second kappa shape index (κ2) is 48.8. The van der Waals surface area contributed by atoms with Crippen molar-refractivity contribution < 1.29 is 117 Å². The lowest BCUT2D eigenvalue weighted by molar-refractivity contribution is -0.145. The van der Waals surface area contributed by atoms with Gasteiger partial charge in [-0.05, 0) is 109 Å². The fourth-order valence-corrected chi connectivity index (χ4v) is 11.4. The summed E-state index contributed by atoms with van der Waals surface area (Å²) in [6.07, 6.45) is -5.57. The number of hydrogen-bond donors (Lipinski definition) is 24. The number of nitrogens with two attached hydrogens (primary N) is 6. The average molecular weight is 1600 g/mol. The molecule has 30 N–H and O–H groups in total. The van der Waals surface area contributed by atoms with Crippen molar-refractivity contribution in [3.63, 3.8) is 0 Å². The first-order valence-electron chi connectivity index (χ1n) is 36.4. The van der Waals surface area contributed by atoms with Crippen LogP contribution in [-0.2, 0) is 91.1 Å². The summed E-state index contributed by atoms with van der Waals surface area (Å²) in [5, 5.41) is 80.0. The van der Waals surface area contributed by atoms with Gasteiger partial charge >= 0.3 is 23.9 Å². The monoisotopic (exact) mass is 1590 g/mol. The fourth-order valence-electron chi connectivity index (χ4n) is 11.4. The number of rotatable bonds is 52. The maximum Gasteiger partial charge on any atom is 0.326 e. The Hall–Kier alpha value is -11.6. The summed E-state index contributed by atoms with van der Waals surface area (Å²) in [6.45, 7) is 8.05. The molecule has 0 unspecified atom stereocenters. The van der Waals surface area contributed by atoms with Gasteiger partial charge in [0.05, 0.1) is 19.1 Å². The van der Waals surface area contributed by atoms with Gasteiger partial charge in [-0.25, -0.2) is 4.79 Å². The van der Waals surface area contributed by atoms with Crippen LogP contribution >= 0.6 is 0 Å². The minimum absolute atomic E-state index is 0.00734. The Balaban J connectivity index is 2.45. The van der Waals surface area contributed by atoms with Crippen LogP contribution in [0.15, 0.2) is 9.98 Å². The fraction of sp³-hybridized carbons (Fsp3) is 0.682.